The molecule has 9 nitrogen and oxygen atoms in total. The minimum atomic E-state index is -4.73. The number of aromatic nitrogens is 4. The Morgan fingerprint density at radius 3 is 2.08 bits per heavy atom. The Bertz CT molecular complexity index is 1230. The molecule has 3 N–H and O–H groups in total. The van der Waals surface area contributed by atoms with Crippen molar-refractivity contribution in [1.82, 2.24) is 24.8 Å². The number of amides is 1. The highest BCUT2D eigenvalue weighted by Crippen LogP contribution is 2.35. The molecule has 0 aromatic carbocycles. The number of alkyl halides is 8. The van der Waals surface area contributed by atoms with Crippen LogP contribution >= 0.6 is 0 Å². The van der Waals surface area contributed by atoms with Gasteiger partial charge in [-0.25, -0.2) is 28.7 Å². The first-order chi connectivity index (χ1) is 18.0. The van der Waals surface area contributed by atoms with Gasteiger partial charge in [0.1, 0.15) is 5.70 Å². The van der Waals surface area contributed by atoms with Crippen LogP contribution in [0.3, 0.4) is 0 Å². The lowest BCUT2D eigenvalue weighted by atomic mass is 9.88. The van der Waals surface area contributed by atoms with E-state index in [9.17, 15) is 39.9 Å². The van der Waals surface area contributed by atoms with E-state index in [2.05, 4.69) is 30.2 Å². The van der Waals surface area contributed by atoms with Crippen molar-refractivity contribution in [2.75, 3.05) is 25.5 Å². The largest absolute Gasteiger partial charge is 0.419 e. The molecular weight excluding hydrogens is 544 g/mol. The van der Waals surface area contributed by atoms with Gasteiger partial charge in [0, 0.05) is 51.0 Å². The molecule has 2 aromatic heterocycles. The van der Waals surface area contributed by atoms with Crippen molar-refractivity contribution < 1.29 is 39.9 Å². The lowest BCUT2D eigenvalue weighted by Gasteiger charge is -2.43. The van der Waals surface area contributed by atoms with Crippen molar-refractivity contribution >= 4 is 23.6 Å². The molecule has 0 aliphatic carbocycles. The molecule has 1 saturated heterocycles. The van der Waals surface area contributed by atoms with Crippen LogP contribution in [0, 0.1) is 5.92 Å². The van der Waals surface area contributed by atoms with Crippen LogP contribution in [0.25, 0.3) is 5.57 Å². The predicted molar refractivity (Wildman–Crippen MR) is 122 cm³/mol. The third kappa shape index (κ3) is 7.14. The van der Waals surface area contributed by atoms with Crippen LogP contribution in [0.15, 0.2) is 35.5 Å². The average Bonchev–Trinajstić information content (AvgIpc) is 2.84. The van der Waals surface area contributed by atoms with E-state index in [1.807, 2.05) is 0 Å². The number of hydrogen-bond acceptors (Lipinski definition) is 8. The summed E-state index contributed by atoms with van der Waals surface area (Å²) in [7, 11) is 1.27. The second-order valence-corrected chi connectivity index (χ2v) is 8.72. The van der Waals surface area contributed by atoms with Crippen molar-refractivity contribution in [2.45, 2.75) is 37.7 Å². The van der Waals surface area contributed by atoms with Gasteiger partial charge < -0.3 is 16.0 Å². The number of nitrogens with zero attached hydrogens (tertiary/aromatic N) is 6. The van der Waals surface area contributed by atoms with Gasteiger partial charge in [-0.3, -0.25) is 9.79 Å². The third-order valence-corrected chi connectivity index (χ3v) is 5.79. The highest BCUT2D eigenvalue weighted by atomic mass is 19.4. The van der Waals surface area contributed by atoms with Crippen molar-refractivity contribution in [3.05, 3.63) is 47.4 Å². The maximum Gasteiger partial charge on any atom is 0.419 e. The molecule has 2 aromatic rings. The second kappa shape index (κ2) is 11.1. The summed E-state index contributed by atoms with van der Waals surface area (Å²) in [5.41, 5.74) is 2.79. The number of piperidine rings is 1. The number of nitrogens with one attached hydrogen (secondary N) is 1. The van der Waals surface area contributed by atoms with E-state index in [1.54, 1.807) is 0 Å². The molecule has 0 radical (unpaired) electrons. The smallest absolute Gasteiger partial charge is 0.394 e. The van der Waals surface area contributed by atoms with Gasteiger partial charge in [-0.15, -0.1) is 0 Å². The van der Waals surface area contributed by atoms with Crippen molar-refractivity contribution in [1.29, 1.82) is 0 Å². The molecule has 1 unspecified atom stereocenters. The second-order valence-electron chi connectivity index (χ2n) is 8.72. The van der Waals surface area contributed by atoms with Crippen LogP contribution in [0.4, 0.5) is 41.1 Å². The van der Waals surface area contributed by atoms with Crippen LogP contribution < -0.4 is 11.1 Å². The number of rotatable bonds is 6. The number of likely N-dealkylation sites (tertiary alicyclic amines) is 1. The number of anilines is 1. The molecular formula is C22H22F8N8O. The van der Waals surface area contributed by atoms with Crippen LogP contribution in [0.2, 0.25) is 0 Å². The Labute approximate surface area is 216 Å². The summed E-state index contributed by atoms with van der Waals surface area (Å²) in [4.78, 5) is 32.1. The molecule has 1 fully saturated rings. The Kier molecular flexibility index (Phi) is 8.40. The van der Waals surface area contributed by atoms with E-state index in [0.717, 1.165) is 11.1 Å². The van der Waals surface area contributed by atoms with Crippen molar-refractivity contribution in [3.63, 3.8) is 0 Å². The summed E-state index contributed by atoms with van der Waals surface area (Å²) in [5, 5.41) is 2.64. The van der Waals surface area contributed by atoms with E-state index >= 15 is 0 Å². The van der Waals surface area contributed by atoms with Crippen molar-refractivity contribution in [2.24, 2.45) is 16.6 Å². The first kappa shape index (κ1) is 29.6. The number of hydrogen-bond donors (Lipinski definition) is 2. The fraction of sp³-hybridized carbons (Fsp3) is 0.455. The normalized spacial score (nSPS) is 20.6. The van der Waals surface area contributed by atoms with Gasteiger partial charge in [-0.1, -0.05) is 6.92 Å². The number of nitrogens with two attached hydrogens (primary N) is 1. The summed E-state index contributed by atoms with van der Waals surface area (Å²) in [6.45, 7) is 0.164. The molecule has 0 spiro atoms. The van der Waals surface area contributed by atoms with Crippen molar-refractivity contribution in [3.8, 4) is 0 Å². The fourth-order valence-corrected chi connectivity index (χ4v) is 3.90. The van der Waals surface area contributed by atoms with Crippen LogP contribution in [0.1, 0.15) is 30.3 Å². The Balaban J connectivity index is 1.91. The highest BCUT2D eigenvalue weighted by molar-refractivity contribution is 6.17. The van der Waals surface area contributed by atoms with E-state index in [0.29, 0.717) is 24.8 Å². The molecule has 3 rings (SSSR count). The highest BCUT2D eigenvalue weighted by Gasteiger charge is 2.46. The lowest BCUT2D eigenvalue weighted by Crippen LogP contribution is -2.58. The number of allylic oxidation sites excluding steroid dienone is 1. The first-order valence-corrected chi connectivity index (χ1v) is 11.2. The zero-order chi connectivity index (χ0) is 29.2. The summed E-state index contributed by atoms with van der Waals surface area (Å²) in [6, 6.07) is -0.949. The molecule has 3 heterocycles. The van der Waals surface area contributed by atoms with Gasteiger partial charge in [0.2, 0.25) is 5.95 Å². The zero-order valence-electron chi connectivity index (χ0n) is 20.4. The molecule has 1 aliphatic rings. The number of carbonyl (C=O) groups is 1. The maximum absolute atomic E-state index is 14.5. The molecule has 1 aliphatic heterocycles. The van der Waals surface area contributed by atoms with E-state index in [4.69, 9.17) is 5.73 Å². The standard InChI is InChI=1S/C22H22F8N8O/c1-11-3-20(23,24)10-38(15(11)9-37-19-35-6-13(7-36-19)22(28,29)30)18(39)16(31)14(8-32-2)17-33-4-12(5-34-17)21(25,26)27/h4-8,11,15H,3,9-10,31H2,1-2H3,(H,35,36,37)/t11-,15?/m1/s1. The summed E-state index contributed by atoms with van der Waals surface area (Å²) < 4.78 is 106. The van der Waals surface area contributed by atoms with Gasteiger partial charge in [0.05, 0.1) is 29.3 Å². The molecule has 17 heteroatoms. The topological polar surface area (TPSA) is 122 Å². The number of carbonyl (C=O) groups excluding carboxylic acids is 1. The SMILES string of the molecule is CN=CC(=C(N)C(=O)N1CC(F)(F)C[C@@H](C)C1CNc1ncc(C(F)(F)F)cn1)c1ncc(C(F)(F)F)cn1. The summed E-state index contributed by atoms with van der Waals surface area (Å²) >= 11 is 0. The first-order valence-electron chi connectivity index (χ1n) is 11.2. The summed E-state index contributed by atoms with van der Waals surface area (Å²) in [5.74, 6) is -5.86. The molecule has 1 amide bonds. The van der Waals surface area contributed by atoms with Gasteiger partial charge in [0.15, 0.2) is 5.82 Å². The summed E-state index contributed by atoms with van der Waals surface area (Å²) in [6.07, 6.45) is -6.97. The lowest BCUT2D eigenvalue weighted by molar-refractivity contribution is -0.148. The van der Waals surface area contributed by atoms with E-state index in [-0.39, 0.29) is 18.1 Å². The molecule has 0 saturated carbocycles. The number of aliphatic imine (C=N–C) groups is 1. The minimum absolute atomic E-state index is 0.227. The monoisotopic (exact) mass is 566 g/mol. The van der Waals surface area contributed by atoms with Gasteiger partial charge in [-0.2, -0.15) is 26.3 Å². The van der Waals surface area contributed by atoms with Gasteiger partial charge in [-0.05, 0) is 5.92 Å². The molecule has 0 bridgehead atoms. The fourth-order valence-electron chi connectivity index (χ4n) is 3.90. The quantitative estimate of drug-likeness (QED) is 0.311. The number of halogens is 8. The van der Waals surface area contributed by atoms with E-state index in [1.165, 1.54) is 14.0 Å². The third-order valence-electron chi connectivity index (χ3n) is 5.79. The maximum atomic E-state index is 14.5. The minimum Gasteiger partial charge on any atom is -0.394 e. The van der Waals surface area contributed by atoms with E-state index < -0.39 is 71.8 Å². The molecule has 39 heavy (non-hydrogen) atoms. The van der Waals surface area contributed by atoms with Crippen LogP contribution in [-0.4, -0.2) is 69.1 Å². The molecule has 212 valence electrons. The predicted octanol–water partition coefficient (Wildman–Crippen LogP) is 3.66. The van der Waals surface area contributed by atoms with Crippen LogP contribution in [-0.2, 0) is 17.1 Å². The van der Waals surface area contributed by atoms with Gasteiger partial charge >= 0.3 is 12.4 Å². The Morgan fingerprint density at radius 1 is 1.08 bits per heavy atom. The zero-order valence-corrected chi connectivity index (χ0v) is 20.4. The average molecular weight is 566 g/mol. The van der Waals surface area contributed by atoms with Crippen LogP contribution in [0.5, 0.6) is 0 Å². The Hall–Kier alpha value is -3.92. The molecule has 2 atom stereocenters. The van der Waals surface area contributed by atoms with Gasteiger partial charge in [0.25, 0.3) is 11.8 Å². The Morgan fingerprint density at radius 2 is 1.59 bits per heavy atom.